The van der Waals surface area contributed by atoms with Crippen molar-refractivity contribution >= 4 is 5.69 Å². The highest BCUT2D eigenvalue weighted by molar-refractivity contribution is 5.39. The Balaban J connectivity index is 1.98. The highest BCUT2D eigenvalue weighted by Crippen LogP contribution is 2.30. The molecule has 0 amide bonds. The highest BCUT2D eigenvalue weighted by atomic mass is 15.3. The van der Waals surface area contributed by atoms with Gasteiger partial charge in [-0.1, -0.05) is 39.5 Å². The van der Waals surface area contributed by atoms with Crippen LogP contribution in [0.25, 0.3) is 0 Å². The van der Waals surface area contributed by atoms with Crippen LogP contribution >= 0.6 is 0 Å². The predicted molar refractivity (Wildman–Crippen MR) is 100 cm³/mol. The summed E-state index contributed by atoms with van der Waals surface area (Å²) in [6.45, 7) is 19.0. The molecule has 1 aromatic rings. The lowest BCUT2D eigenvalue weighted by atomic mass is 9.89. The van der Waals surface area contributed by atoms with Crippen molar-refractivity contribution in [3.05, 3.63) is 42.1 Å². The average Bonchev–Trinajstić information content (AvgIpc) is 2.38. The molecule has 0 aliphatic carbocycles. The number of nitrogens with two attached hydrogens (primary N) is 1. The highest BCUT2D eigenvalue weighted by Gasteiger charge is 2.31. The average molecular weight is 316 g/mol. The lowest BCUT2D eigenvalue weighted by Crippen LogP contribution is -2.55. The predicted octanol–water partition coefficient (Wildman–Crippen LogP) is 4.11. The third-order valence-electron chi connectivity index (χ3n) is 4.48. The van der Waals surface area contributed by atoms with Gasteiger partial charge in [-0.25, -0.2) is 0 Å². The Morgan fingerprint density at radius 3 is 2.13 bits per heavy atom. The number of hydrogen-bond acceptors (Lipinski definition) is 3. The van der Waals surface area contributed by atoms with E-state index >= 15 is 0 Å². The first-order valence-electron chi connectivity index (χ1n) is 8.68. The SMILES string of the molecule is C=C(CC(C)(C)C)N1C(C)CN(Cc2ccc(N)cc2)CC1C. The summed E-state index contributed by atoms with van der Waals surface area (Å²) in [6, 6.07) is 9.25. The van der Waals surface area contributed by atoms with Crippen LogP contribution in [0.5, 0.6) is 0 Å². The minimum Gasteiger partial charge on any atom is -0.399 e. The zero-order chi connectivity index (χ0) is 17.2. The summed E-state index contributed by atoms with van der Waals surface area (Å²) in [5.74, 6) is 0. The van der Waals surface area contributed by atoms with Gasteiger partial charge in [0.1, 0.15) is 0 Å². The summed E-state index contributed by atoms with van der Waals surface area (Å²) in [4.78, 5) is 5.08. The van der Waals surface area contributed by atoms with Crippen LogP contribution in [0, 0.1) is 5.41 Å². The summed E-state index contributed by atoms with van der Waals surface area (Å²) < 4.78 is 0. The van der Waals surface area contributed by atoms with Crippen LogP contribution in [0.3, 0.4) is 0 Å². The molecule has 1 aliphatic heterocycles. The van der Waals surface area contributed by atoms with Crippen LogP contribution in [-0.2, 0) is 6.54 Å². The monoisotopic (exact) mass is 315 g/mol. The Hall–Kier alpha value is -1.48. The molecule has 1 saturated heterocycles. The smallest absolute Gasteiger partial charge is 0.0389 e. The van der Waals surface area contributed by atoms with Gasteiger partial charge in [0.2, 0.25) is 0 Å². The maximum absolute atomic E-state index is 5.78. The van der Waals surface area contributed by atoms with Crippen LogP contribution < -0.4 is 5.73 Å². The third kappa shape index (κ3) is 5.00. The van der Waals surface area contributed by atoms with E-state index in [1.807, 2.05) is 12.1 Å². The third-order valence-corrected chi connectivity index (χ3v) is 4.48. The van der Waals surface area contributed by atoms with Gasteiger partial charge < -0.3 is 10.6 Å². The zero-order valence-corrected chi connectivity index (χ0v) is 15.5. The quantitative estimate of drug-likeness (QED) is 0.849. The molecule has 0 saturated carbocycles. The van der Waals surface area contributed by atoms with E-state index in [0.717, 1.165) is 31.7 Å². The van der Waals surface area contributed by atoms with Crippen molar-refractivity contribution in [1.82, 2.24) is 9.80 Å². The zero-order valence-electron chi connectivity index (χ0n) is 15.5. The van der Waals surface area contributed by atoms with Gasteiger partial charge >= 0.3 is 0 Å². The summed E-state index contributed by atoms with van der Waals surface area (Å²) in [7, 11) is 0. The summed E-state index contributed by atoms with van der Waals surface area (Å²) in [5.41, 5.74) is 9.51. The fraction of sp³-hybridized carbons (Fsp3) is 0.600. The van der Waals surface area contributed by atoms with Gasteiger partial charge in [0.25, 0.3) is 0 Å². The van der Waals surface area contributed by atoms with Crippen molar-refractivity contribution in [2.75, 3.05) is 18.8 Å². The fourth-order valence-corrected chi connectivity index (χ4v) is 3.77. The van der Waals surface area contributed by atoms with E-state index in [1.165, 1.54) is 11.3 Å². The number of rotatable bonds is 4. The lowest BCUT2D eigenvalue weighted by molar-refractivity contribution is 0.0552. The van der Waals surface area contributed by atoms with Crippen LogP contribution in [0.1, 0.15) is 46.6 Å². The van der Waals surface area contributed by atoms with Crippen molar-refractivity contribution in [2.45, 2.75) is 59.7 Å². The van der Waals surface area contributed by atoms with E-state index in [-0.39, 0.29) is 5.41 Å². The van der Waals surface area contributed by atoms with Gasteiger partial charge in [-0.15, -0.1) is 0 Å². The van der Waals surface area contributed by atoms with Crippen molar-refractivity contribution in [1.29, 1.82) is 0 Å². The Morgan fingerprint density at radius 1 is 1.13 bits per heavy atom. The number of hydrogen-bond donors (Lipinski definition) is 1. The Labute approximate surface area is 142 Å². The first kappa shape index (κ1) is 17.9. The van der Waals surface area contributed by atoms with Crippen LogP contribution in [0.4, 0.5) is 5.69 Å². The van der Waals surface area contributed by atoms with Crippen molar-refractivity contribution < 1.29 is 0 Å². The number of benzene rings is 1. The molecule has 1 aliphatic rings. The summed E-state index contributed by atoms with van der Waals surface area (Å²) in [5, 5.41) is 0. The Morgan fingerprint density at radius 2 is 1.65 bits per heavy atom. The molecule has 0 spiro atoms. The molecule has 0 bridgehead atoms. The molecule has 2 atom stereocenters. The normalized spacial score (nSPS) is 23.1. The maximum atomic E-state index is 5.78. The van der Waals surface area contributed by atoms with Crippen molar-refractivity contribution in [2.24, 2.45) is 5.41 Å². The van der Waals surface area contributed by atoms with Gasteiger partial charge in [-0.05, 0) is 43.4 Å². The minimum atomic E-state index is 0.289. The molecule has 3 heteroatoms. The number of allylic oxidation sites excluding steroid dienone is 1. The molecule has 1 heterocycles. The molecule has 0 radical (unpaired) electrons. The largest absolute Gasteiger partial charge is 0.399 e. The van der Waals surface area contributed by atoms with Gasteiger partial charge in [0, 0.05) is 43.1 Å². The van der Waals surface area contributed by atoms with Crippen molar-refractivity contribution in [3.8, 4) is 0 Å². The molecule has 2 unspecified atom stereocenters. The van der Waals surface area contributed by atoms with Gasteiger partial charge in [0.15, 0.2) is 0 Å². The van der Waals surface area contributed by atoms with Crippen LogP contribution in [0.2, 0.25) is 0 Å². The van der Waals surface area contributed by atoms with E-state index in [1.54, 1.807) is 0 Å². The maximum Gasteiger partial charge on any atom is 0.0389 e. The van der Waals surface area contributed by atoms with Crippen molar-refractivity contribution in [3.63, 3.8) is 0 Å². The summed E-state index contributed by atoms with van der Waals surface area (Å²) >= 11 is 0. The second-order valence-corrected chi connectivity index (χ2v) is 8.34. The molecule has 1 fully saturated rings. The van der Waals surface area contributed by atoms with Gasteiger partial charge in [0.05, 0.1) is 0 Å². The molecular weight excluding hydrogens is 282 g/mol. The first-order valence-corrected chi connectivity index (χ1v) is 8.68. The number of nitrogen functional groups attached to an aromatic ring is 1. The number of piperazine rings is 1. The fourth-order valence-electron chi connectivity index (χ4n) is 3.77. The molecule has 3 nitrogen and oxygen atoms in total. The van der Waals surface area contributed by atoms with Gasteiger partial charge in [-0.3, -0.25) is 4.90 Å². The number of nitrogens with zero attached hydrogens (tertiary/aromatic N) is 2. The van der Waals surface area contributed by atoms with E-state index in [0.29, 0.717) is 12.1 Å². The molecule has 1 aromatic carbocycles. The molecule has 23 heavy (non-hydrogen) atoms. The Bertz CT molecular complexity index is 515. The molecule has 2 N–H and O–H groups in total. The topological polar surface area (TPSA) is 32.5 Å². The van der Waals surface area contributed by atoms with Crippen LogP contribution in [-0.4, -0.2) is 35.0 Å². The first-order chi connectivity index (χ1) is 10.7. The van der Waals surface area contributed by atoms with E-state index in [4.69, 9.17) is 5.73 Å². The second kappa shape index (κ2) is 6.96. The molecule has 0 aromatic heterocycles. The van der Waals surface area contributed by atoms with E-state index in [2.05, 4.69) is 63.1 Å². The number of anilines is 1. The lowest BCUT2D eigenvalue weighted by Gasteiger charge is -2.47. The second-order valence-electron chi connectivity index (χ2n) is 8.34. The standard InChI is InChI=1S/C20H33N3/c1-15(11-20(4,5)6)23-16(2)12-22(13-17(23)3)14-18-7-9-19(21)10-8-18/h7-10,16-17H,1,11-14,21H2,2-6H3. The molecule has 2 rings (SSSR count). The van der Waals surface area contributed by atoms with Gasteiger partial charge in [-0.2, -0.15) is 0 Å². The minimum absolute atomic E-state index is 0.289. The molecule has 128 valence electrons. The van der Waals surface area contributed by atoms with E-state index in [9.17, 15) is 0 Å². The van der Waals surface area contributed by atoms with E-state index < -0.39 is 0 Å². The Kier molecular flexibility index (Phi) is 5.41. The van der Waals surface area contributed by atoms with Crippen LogP contribution in [0.15, 0.2) is 36.5 Å². The molecular formula is C20H33N3. The summed E-state index contributed by atoms with van der Waals surface area (Å²) in [6.07, 6.45) is 1.06.